The maximum atomic E-state index is 13.7. The first-order valence-corrected chi connectivity index (χ1v) is 12.8. The molecule has 4 aromatic rings. The summed E-state index contributed by atoms with van der Waals surface area (Å²) in [5.41, 5.74) is 3.89. The van der Waals surface area contributed by atoms with Crippen LogP contribution in [0.1, 0.15) is 43.4 Å². The number of ether oxygens (including phenoxy) is 3. The van der Waals surface area contributed by atoms with Crippen LogP contribution in [0.4, 0.5) is 0 Å². The third kappa shape index (κ3) is 5.25. The van der Waals surface area contributed by atoms with Crippen molar-refractivity contribution in [2.24, 2.45) is 5.10 Å². The molecular formula is C29H30BrN3O4. The van der Waals surface area contributed by atoms with Gasteiger partial charge in [-0.1, -0.05) is 26.0 Å². The van der Waals surface area contributed by atoms with E-state index in [1.54, 1.807) is 32.6 Å². The fraction of sp³-hybridized carbons (Fsp3) is 0.276. The molecule has 0 aliphatic rings. The number of aryl methyl sites for hydroxylation is 1. The van der Waals surface area contributed by atoms with E-state index in [-0.39, 0.29) is 11.5 Å². The quantitative estimate of drug-likeness (QED) is 0.227. The average molecular weight is 564 g/mol. The number of benzene rings is 3. The van der Waals surface area contributed by atoms with Crippen LogP contribution in [0.25, 0.3) is 22.3 Å². The highest BCUT2D eigenvalue weighted by atomic mass is 79.9. The third-order valence-electron chi connectivity index (χ3n) is 6.05. The number of hydrogen-bond donors (Lipinski definition) is 0. The smallest absolute Gasteiger partial charge is 0.282 e. The lowest BCUT2D eigenvalue weighted by atomic mass is 9.96. The molecule has 192 valence electrons. The highest BCUT2D eigenvalue weighted by Gasteiger charge is 2.19. The third-order valence-corrected chi connectivity index (χ3v) is 6.64. The van der Waals surface area contributed by atoms with Crippen LogP contribution in [0, 0.1) is 6.92 Å². The number of nitrogens with zero attached hydrogens (tertiary/aromatic N) is 3. The van der Waals surface area contributed by atoms with Crippen molar-refractivity contribution >= 4 is 33.0 Å². The van der Waals surface area contributed by atoms with E-state index in [1.165, 1.54) is 4.68 Å². The van der Waals surface area contributed by atoms with Crippen LogP contribution >= 0.6 is 15.9 Å². The molecule has 37 heavy (non-hydrogen) atoms. The summed E-state index contributed by atoms with van der Waals surface area (Å²) in [6, 6.07) is 15.0. The SMILES string of the molecule is CCOc1cc(C)c(-c2nc3ccccc3c(=O)n2N=Cc2cc(Br)c(OC)c(OC)c2)cc1C(C)C. The second-order valence-corrected chi connectivity index (χ2v) is 9.70. The van der Waals surface area contributed by atoms with Crippen LogP contribution in [-0.2, 0) is 0 Å². The van der Waals surface area contributed by atoms with Crippen LogP contribution < -0.4 is 19.8 Å². The lowest BCUT2D eigenvalue weighted by molar-refractivity contribution is 0.335. The molecule has 0 aliphatic heterocycles. The first-order valence-electron chi connectivity index (χ1n) is 12.0. The van der Waals surface area contributed by atoms with Gasteiger partial charge in [0.25, 0.3) is 5.56 Å². The number of fused-ring (bicyclic) bond motifs is 1. The zero-order valence-corrected chi connectivity index (χ0v) is 23.4. The Hall–Kier alpha value is -3.65. The molecule has 0 unspecified atom stereocenters. The molecule has 7 nitrogen and oxygen atoms in total. The fourth-order valence-electron chi connectivity index (χ4n) is 4.21. The van der Waals surface area contributed by atoms with Gasteiger partial charge in [0.2, 0.25) is 0 Å². The maximum Gasteiger partial charge on any atom is 0.282 e. The summed E-state index contributed by atoms with van der Waals surface area (Å²) in [4.78, 5) is 18.6. The molecule has 1 heterocycles. The molecule has 0 aliphatic carbocycles. The van der Waals surface area contributed by atoms with Crippen molar-refractivity contribution in [2.45, 2.75) is 33.6 Å². The van der Waals surface area contributed by atoms with Gasteiger partial charge in [0.05, 0.1) is 42.4 Å². The van der Waals surface area contributed by atoms with Crippen LogP contribution in [0.15, 0.2) is 62.9 Å². The Morgan fingerprint density at radius 2 is 1.84 bits per heavy atom. The maximum absolute atomic E-state index is 13.7. The van der Waals surface area contributed by atoms with Gasteiger partial charge in [-0.3, -0.25) is 4.79 Å². The van der Waals surface area contributed by atoms with Gasteiger partial charge in [-0.2, -0.15) is 9.78 Å². The minimum atomic E-state index is -0.254. The van der Waals surface area contributed by atoms with Crippen molar-refractivity contribution in [3.05, 3.63) is 80.0 Å². The molecule has 3 aromatic carbocycles. The molecular weight excluding hydrogens is 534 g/mol. The molecule has 0 saturated carbocycles. The molecule has 0 bridgehead atoms. The Labute approximate surface area is 224 Å². The van der Waals surface area contributed by atoms with Crippen molar-refractivity contribution in [1.29, 1.82) is 0 Å². The molecule has 8 heteroatoms. The van der Waals surface area contributed by atoms with E-state index in [4.69, 9.17) is 19.2 Å². The topological polar surface area (TPSA) is 74.9 Å². The van der Waals surface area contributed by atoms with E-state index in [9.17, 15) is 4.79 Å². The highest BCUT2D eigenvalue weighted by Crippen LogP contribution is 2.36. The zero-order chi connectivity index (χ0) is 26.7. The molecule has 4 rings (SSSR count). The minimum Gasteiger partial charge on any atom is -0.494 e. The molecule has 0 fully saturated rings. The van der Waals surface area contributed by atoms with E-state index in [0.717, 1.165) is 28.0 Å². The van der Waals surface area contributed by atoms with Crippen molar-refractivity contribution in [1.82, 2.24) is 9.66 Å². The molecule has 0 amide bonds. The first-order chi connectivity index (χ1) is 17.8. The number of para-hydroxylation sites is 1. The number of aromatic nitrogens is 2. The predicted molar refractivity (Wildman–Crippen MR) is 152 cm³/mol. The van der Waals surface area contributed by atoms with Gasteiger partial charge in [0, 0.05) is 5.56 Å². The molecule has 0 atom stereocenters. The number of methoxy groups -OCH3 is 2. The van der Waals surface area contributed by atoms with Gasteiger partial charge in [0.15, 0.2) is 17.3 Å². The summed E-state index contributed by atoms with van der Waals surface area (Å²) in [5, 5.41) is 5.11. The van der Waals surface area contributed by atoms with Gasteiger partial charge in [-0.15, -0.1) is 0 Å². The Kier molecular flexibility index (Phi) is 7.97. The van der Waals surface area contributed by atoms with Crippen LogP contribution in [0.3, 0.4) is 0 Å². The summed E-state index contributed by atoms with van der Waals surface area (Å²) >= 11 is 3.51. The predicted octanol–water partition coefficient (Wildman–Crippen LogP) is 6.56. The number of rotatable bonds is 8. The summed E-state index contributed by atoms with van der Waals surface area (Å²) in [7, 11) is 3.15. The van der Waals surface area contributed by atoms with Gasteiger partial charge in [-0.25, -0.2) is 4.98 Å². The Bertz CT molecular complexity index is 1540. The Balaban J connectivity index is 1.96. The zero-order valence-electron chi connectivity index (χ0n) is 21.8. The normalized spacial score (nSPS) is 11.5. The van der Waals surface area contributed by atoms with Crippen molar-refractivity contribution in [3.8, 4) is 28.6 Å². The first kappa shape index (κ1) is 26.4. The van der Waals surface area contributed by atoms with Gasteiger partial charge >= 0.3 is 0 Å². The Morgan fingerprint density at radius 3 is 2.51 bits per heavy atom. The van der Waals surface area contributed by atoms with Crippen LogP contribution in [-0.4, -0.2) is 36.7 Å². The van der Waals surface area contributed by atoms with Gasteiger partial charge in [-0.05, 0) is 88.8 Å². The summed E-state index contributed by atoms with van der Waals surface area (Å²) in [6.45, 7) is 8.76. The van der Waals surface area contributed by atoms with Crippen LogP contribution in [0.5, 0.6) is 17.2 Å². The van der Waals surface area contributed by atoms with Gasteiger partial charge < -0.3 is 14.2 Å². The molecule has 0 saturated heterocycles. The van der Waals surface area contributed by atoms with Crippen molar-refractivity contribution in [3.63, 3.8) is 0 Å². The molecule has 0 spiro atoms. The number of halogens is 1. The van der Waals surface area contributed by atoms with E-state index < -0.39 is 0 Å². The molecule has 0 N–H and O–H groups in total. The lowest BCUT2D eigenvalue weighted by Crippen LogP contribution is -2.21. The summed E-state index contributed by atoms with van der Waals surface area (Å²) in [5.74, 6) is 2.64. The van der Waals surface area contributed by atoms with E-state index in [1.807, 2.05) is 44.2 Å². The highest BCUT2D eigenvalue weighted by molar-refractivity contribution is 9.10. The van der Waals surface area contributed by atoms with Crippen molar-refractivity contribution < 1.29 is 14.2 Å². The summed E-state index contributed by atoms with van der Waals surface area (Å²) < 4.78 is 18.8. The minimum absolute atomic E-state index is 0.217. The second kappa shape index (κ2) is 11.2. The van der Waals surface area contributed by atoms with E-state index in [2.05, 4.69) is 40.9 Å². The van der Waals surface area contributed by atoms with E-state index in [0.29, 0.717) is 39.3 Å². The second-order valence-electron chi connectivity index (χ2n) is 8.84. The Morgan fingerprint density at radius 1 is 1.08 bits per heavy atom. The average Bonchev–Trinajstić information content (AvgIpc) is 2.88. The standard InChI is InChI=1S/C29H30BrN3O4/c1-7-37-25-12-18(4)22(15-21(25)17(2)3)28-32-24-11-9-8-10-20(24)29(34)33(28)31-16-19-13-23(30)27(36-6)26(14-19)35-5/h8-17H,7H2,1-6H3. The van der Waals surface area contributed by atoms with E-state index >= 15 is 0 Å². The monoisotopic (exact) mass is 563 g/mol. The fourth-order valence-corrected chi connectivity index (χ4v) is 4.83. The van der Waals surface area contributed by atoms with Crippen LogP contribution in [0.2, 0.25) is 0 Å². The largest absolute Gasteiger partial charge is 0.494 e. The van der Waals surface area contributed by atoms with Gasteiger partial charge in [0.1, 0.15) is 5.75 Å². The summed E-state index contributed by atoms with van der Waals surface area (Å²) in [6.07, 6.45) is 1.61. The molecule has 0 radical (unpaired) electrons. The molecule has 1 aromatic heterocycles. The number of hydrogen-bond acceptors (Lipinski definition) is 6. The van der Waals surface area contributed by atoms with Crippen molar-refractivity contribution in [2.75, 3.05) is 20.8 Å². The lowest BCUT2D eigenvalue weighted by Gasteiger charge is -2.18.